The molecule has 1 amide bonds. The van der Waals surface area contributed by atoms with E-state index in [4.69, 9.17) is 12.2 Å². The van der Waals surface area contributed by atoms with Crippen molar-refractivity contribution in [1.82, 2.24) is 5.32 Å². The molecular weight excluding hydrogens is 385 g/mol. The van der Waals surface area contributed by atoms with E-state index in [1.165, 1.54) is 23.3 Å². The van der Waals surface area contributed by atoms with Crippen LogP contribution >= 0.6 is 12.2 Å². The molecule has 3 rings (SSSR count). The predicted molar refractivity (Wildman–Crippen MR) is 120 cm³/mol. The fraction of sp³-hybridized carbons (Fsp3) is 0.130. The Bertz CT molecular complexity index is 1010. The van der Waals surface area contributed by atoms with Crippen molar-refractivity contribution in [2.75, 3.05) is 17.2 Å². The average Bonchev–Trinajstić information content (AvgIpc) is 2.71. The van der Waals surface area contributed by atoms with Gasteiger partial charge in [-0.05, 0) is 73.1 Å². The number of amides is 1. The Morgan fingerprint density at radius 1 is 0.897 bits per heavy atom. The van der Waals surface area contributed by atoms with Gasteiger partial charge in [0.05, 0.1) is 5.56 Å². The highest BCUT2D eigenvalue weighted by Gasteiger charge is 2.10. The number of hydrogen-bond acceptors (Lipinski definition) is 2. The largest absolute Gasteiger partial charge is 0.362 e. The molecule has 0 aliphatic rings. The smallest absolute Gasteiger partial charge is 0.258 e. The molecule has 0 aliphatic heterocycles. The lowest BCUT2D eigenvalue weighted by Crippen LogP contribution is -2.30. The first-order valence-electron chi connectivity index (χ1n) is 9.28. The SMILES string of the molecule is Cc1ccccc1CCNC(=S)Nc1ccc(NC(=O)c2ccccc2F)cc1. The molecule has 3 N–H and O–H groups in total. The maximum atomic E-state index is 13.7. The zero-order valence-corrected chi connectivity index (χ0v) is 16.9. The summed E-state index contributed by atoms with van der Waals surface area (Å²) in [5.41, 5.74) is 3.93. The molecule has 0 saturated carbocycles. The van der Waals surface area contributed by atoms with Crippen LogP contribution in [-0.4, -0.2) is 17.6 Å². The maximum absolute atomic E-state index is 13.7. The Balaban J connectivity index is 1.48. The summed E-state index contributed by atoms with van der Waals surface area (Å²) in [5, 5.41) is 9.51. The van der Waals surface area contributed by atoms with Gasteiger partial charge in [0.25, 0.3) is 5.91 Å². The molecule has 148 valence electrons. The van der Waals surface area contributed by atoms with Gasteiger partial charge in [0.1, 0.15) is 5.82 Å². The molecule has 0 radical (unpaired) electrons. The summed E-state index contributed by atoms with van der Waals surface area (Å²) in [6.07, 6.45) is 0.884. The molecule has 0 aromatic heterocycles. The second-order valence-corrected chi connectivity index (χ2v) is 6.98. The third-order valence-electron chi connectivity index (χ3n) is 4.46. The van der Waals surface area contributed by atoms with Crippen LogP contribution in [0, 0.1) is 12.7 Å². The van der Waals surface area contributed by atoms with Crippen LogP contribution in [0.5, 0.6) is 0 Å². The summed E-state index contributed by atoms with van der Waals surface area (Å²) in [7, 11) is 0. The standard InChI is InChI=1S/C23H22FN3OS/c1-16-6-2-3-7-17(16)14-15-25-23(29)27-19-12-10-18(11-13-19)26-22(28)20-8-4-5-9-21(20)24/h2-13H,14-15H2,1H3,(H,26,28)(H2,25,27,29). The van der Waals surface area contributed by atoms with Crippen LogP contribution in [0.1, 0.15) is 21.5 Å². The van der Waals surface area contributed by atoms with E-state index < -0.39 is 11.7 Å². The van der Waals surface area contributed by atoms with Crippen LogP contribution in [0.3, 0.4) is 0 Å². The monoisotopic (exact) mass is 407 g/mol. The molecule has 4 nitrogen and oxygen atoms in total. The van der Waals surface area contributed by atoms with Crippen LogP contribution in [0.15, 0.2) is 72.8 Å². The summed E-state index contributed by atoms with van der Waals surface area (Å²) in [6, 6.07) is 21.2. The number of anilines is 2. The van der Waals surface area contributed by atoms with E-state index in [1.807, 2.05) is 12.1 Å². The van der Waals surface area contributed by atoms with Crippen molar-refractivity contribution in [3.05, 3.63) is 95.3 Å². The number of carbonyl (C=O) groups excluding carboxylic acids is 1. The average molecular weight is 408 g/mol. The first-order valence-corrected chi connectivity index (χ1v) is 9.69. The van der Waals surface area contributed by atoms with Crippen molar-refractivity contribution in [3.8, 4) is 0 Å². The fourth-order valence-corrected chi connectivity index (χ4v) is 3.08. The quantitative estimate of drug-likeness (QED) is 0.508. The first kappa shape index (κ1) is 20.5. The molecule has 0 atom stereocenters. The zero-order valence-electron chi connectivity index (χ0n) is 16.0. The normalized spacial score (nSPS) is 10.3. The fourth-order valence-electron chi connectivity index (χ4n) is 2.86. The number of rotatable bonds is 6. The van der Waals surface area contributed by atoms with Crippen molar-refractivity contribution in [3.63, 3.8) is 0 Å². The Labute approximate surface area is 175 Å². The summed E-state index contributed by atoms with van der Waals surface area (Å²) in [6.45, 7) is 2.83. The van der Waals surface area contributed by atoms with Crippen molar-refractivity contribution < 1.29 is 9.18 Å². The minimum absolute atomic E-state index is 0.00809. The van der Waals surface area contributed by atoms with Gasteiger partial charge in [-0.2, -0.15) is 0 Å². The van der Waals surface area contributed by atoms with Gasteiger partial charge in [-0.3, -0.25) is 4.79 Å². The molecule has 0 fully saturated rings. The molecule has 0 heterocycles. The first-order chi connectivity index (χ1) is 14.0. The van der Waals surface area contributed by atoms with Gasteiger partial charge in [-0.25, -0.2) is 4.39 Å². The van der Waals surface area contributed by atoms with E-state index in [2.05, 4.69) is 35.0 Å². The third kappa shape index (κ3) is 5.86. The van der Waals surface area contributed by atoms with Crippen molar-refractivity contribution in [2.24, 2.45) is 0 Å². The van der Waals surface area contributed by atoms with Crippen LogP contribution in [-0.2, 0) is 6.42 Å². The number of thiocarbonyl (C=S) groups is 1. The highest BCUT2D eigenvalue weighted by Crippen LogP contribution is 2.16. The van der Waals surface area contributed by atoms with Crippen LogP contribution in [0.4, 0.5) is 15.8 Å². The molecule has 0 spiro atoms. The molecule has 6 heteroatoms. The Morgan fingerprint density at radius 2 is 1.52 bits per heavy atom. The predicted octanol–water partition coefficient (Wildman–Crippen LogP) is 4.92. The summed E-state index contributed by atoms with van der Waals surface area (Å²) in [5.74, 6) is -1.04. The number of halogens is 1. The molecule has 0 aliphatic carbocycles. The minimum atomic E-state index is -0.551. The van der Waals surface area contributed by atoms with Gasteiger partial charge >= 0.3 is 0 Å². The molecule has 0 saturated heterocycles. The van der Waals surface area contributed by atoms with Crippen molar-refractivity contribution in [2.45, 2.75) is 13.3 Å². The topological polar surface area (TPSA) is 53.2 Å². The number of aryl methyl sites for hydroxylation is 1. The molecule has 3 aromatic rings. The van der Waals surface area contributed by atoms with Crippen LogP contribution in [0.25, 0.3) is 0 Å². The van der Waals surface area contributed by atoms with Crippen molar-refractivity contribution >= 4 is 34.6 Å². The molecule has 0 bridgehead atoms. The molecular formula is C23H22FN3OS. The highest BCUT2D eigenvalue weighted by atomic mass is 32.1. The summed E-state index contributed by atoms with van der Waals surface area (Å²) >= 11 is 5.33. The Morgan fingerprint density at radius 3 is 2.21 bits per heavy atom. The second-order valence-electron chi connectivity index (χ2n) is 6.57. The highest BCUT2D eigenvalue weighted by molar-refractivity contribution is 7.80. The van der Waals surface area contributed by atoms with E-state index in [0.717, 1.165) is 18.7 Å². The van der Waals surface area contributed by atoms with E-state index >= 15 is 0 Å². The van der Waals surface area contributed by atoms with Gasteiger partial charge in [-0.1, -0.05) is 36.4 Å². The lowest BCUT2D eigenvalue weighted by molar-refractivity contribution is 0.102. The van der Waals surface area contributed by atoms with Crippen molar-refractivity contribution in [1.29, 1.82) is 0 Å². The second kappa shape index (κ2) is 9.80. The van der Waals surface area contributed by atoms with Gasteiger partial charge in [0.15, 0.2) is 5.11 Å². The maximum Gasteiger partial charge on any atom is 0.258 e. The Hall–Kier alpha value is -3.25. The number of hydrogen-bond donors (Lipinski definition) is 3. The van der Waals surface area contributed by atoms with E-state index in [-0.39, 0.29) is 5.56 Å². The number of benzene rings is 3. The van der Waals surface area contributed by atoms with Gasteiger partial charge in [0.2, 0.25) is 0 Å². The van der Waals surface area contributed by atoms with Gasteiger partial charge < -0.3 is 16.0 Å². The van der Waals surface area contributed by atoms with E-state index in [1.54, 1.807) is 36.4 Å². The van der Waals surface area contributed by atoms with E-state index in [0.29, 0.717) is 10.8 Å². The minimum Gasteiger partial charge on any atom is -0.362 e. The lowest BCUT2D eigenvalue weighted by atomic mass is 10.1. The number of nitrogens with one attached hydrogen (secondary N) is 3. The lowest BCUT2D eigenvalue weighted by Gasteiger charge is -2.12. The molecule has 29 heavy (non-hydrogen) atoms. The number of carbonyl (C=O) groups is 1. The molecule has 0 unspecified atom stereocenters. The molecule has 3 aromatic carbocycles. The van der Waals surface area contributed by atoms with Crippen LogP contribution < -0.4 is 16.0 Å². The van der Waals surface area contributed by atoms with E-state index in [9.17, 15) is 9.18 Å². The Kier molecular flexibility index (Phi) is 6.92. The van der Waals surface area contributed by atoms with Gasteiger partial charge in [0, 0.05) is 17.9 Å². The van der Waals surface area contributed by atoms with Crippen LogP contribution in [0.2, 0.25) is 0 Å². The zero-order chi connectivity index (χ0) is 20.6. The third-order valence-corrected chi connectivity index (χ3v) is 4.71. The summed E-state index contributed by atoms with van der Waals surface area (Å²) < 4.78 is 13.7. The summed E-state index contributed by atoms with van der Waals surface area (Å²) in [4.78, 5) is 12.2. The van der Waals surface area contributed by atoms with Gasteiger partial charge in [-0.15, -0.1) is 0 Å².